The number of rotatable bonds is 1. The maximum atomic E-state index is 10.9. The van der Waals surface area contributed by atoms with Gasteiger partial charge in [0.15, 0.2) is 0 Å². The van der Waals surface area contributed by atoms with Crippen molar-refractivity contribution in [2.24, 2.45) is 5.92 Å². The lowest BCUT2D eigenvalue weighted by Crippen LogP contribution is -2.07. The molecule has 3 heteroatoms. The van der Waals surface area contributed by atoms with Crippen LogP contribution in [0.5, 0.6) is 0 Å². The highest BCUT2D eigenvalue weighted by molar-refractivity contribution is 5.77. The molecule has 0 bridgehead atoms. The lowest BCUT2D eigenvalue weighted by molar-refractivity contribution is -0.139. The lowest BCUT2D eigenvalue weighted by Gasteiger charge is -2.14. The molecule has 3 atom stereocenters. The molecule has 0 amide bonds. The normalized spacial score (nSPS) is 33.0. The standard InChI is InChI=1S/C11H10O3/c12-11(13)9-8-7-4-2-1-3-6(7)5-14-10(8)9/h1-4,8-10H,5H2,(H,12,13)/t8-,9?,10-/m1/s1. The van der Waals surface area contributed by atoms with E-state index in [0.29, 0.717) is 6.61 Å². The van der Waals surface area contributed by atoms with Crippen molar-refractivity contribution in [1.82, 2.24) is 0 Å². The third-order valence-corrected chi connectivity index (χ3v) is 3.08. The van der Waals surface area contributed by atoms with E-state index in [4.69, 9.17) is 9.84 Å². The summed E-state index contributed by atoms with van der Waals surface area (Å²) in [6.07, 6.45) is -0.0811. The van der Waals surface area contributed by atoms with E-state index in [1.54, 1.807) is 0 Å². The zero-order valence-electron chi connectivity index (χ0n) is 7.51. The van der Waals surface area contributed by atoms with Gasteiger partial charge < -0.3 is 9.84 Å². The van der Waals surface area contributed by atoms with Gasteiger partial charge in [-0.25, -0.2) is 0 Å². The van der Waals surface area contributed by atoms with E-state index in [9.17, 15) is 4.79 Å². The van der Waals surface area contributed by atoms with Crippen molar-refractivity contribution in [2.75, 3.05) is 0 Å². The van der Waals surface area contributed by atoms with Crippen molar-refractivity contribution in [1.29, 1.82) is 0 Å². The average molecular weight is 190 g/mol. The quantitative estimate of drug-likeness (QED) is 0.727. The van der Waals surface area contributed by atoms with Crippen molar-refractivity contribution in [3.63, 3.8) is 0 Å². The highest BCUT2D eigenvalue weighted by Gasteiger charge is 2.59. The molecule has 1 fully saturated rings. The second-order valence-corrected chi connectivity index (χ2v) is 3.86. The van der Waals surface area contributed by atoms with Gasteiger partial charge in [-0.1, -0.05) is 24.3 Å². The van der Waals surface area contributed by atoms with Gasteiger partial charge in [-0.3, -0.25) is 4.79 Å². The molecule has 3 rings (SSSR count). The molecule has 0 radical (unpaired) electrons. The van der Waals surface area contributed by atoms with Gasteiger partial charge in [0.1, 0.15) is 0 Å². The van der Waals surface area contributed by atoms with E-state index in [1.807, 2.05) is 24.3 Å². The first-order valence-electron chi connectivity index (χ1n) is 4.71. The number of hydrogen-bond donors (Lipinski definition) is 1. The van der Waals surface area contributed by atoms with E-state index in [1.165, 1.54) is 0 Å². The summed E-state index contributed by atoms with van der Waals surface area (Å²) in [6, 6.07) is 7.93. The molecule has 1 aliphatic carbocycles. The molecule has 1 heterocycles. The van der Waals surface area contributed by atoms with E-state index >= 15 is 0 Å². The van der Waals surface area contributed by atoms with Crippen LogP contribution in [0.25, 0.3) is 0 Å². The van der Waals surface area contributed by atoms with Crippen LogP contribution >= 0.6 is 0 Å². The van der Waals surface area contributed by atoms with E-state index in [0.717, 1.165) is 11.1 Å². The number of carboxylic acid groups (broad SMARTS) is 1. The number of carbonyl (C=O) groups is 1. The van der Waals surface area contributed by atoms with Gasteiger partial charge in [0.05, 0.1) is 18.6 Å². The summed E-state index contributed by atoms with van der Waals surface area (Å²) in [5.41, 5.74) is 2.30. The Balaban J connectivity index is 2.00. The fourth-order valence-electron chi connectivity index (χ4n) is 2.33. The Morgan fingerprint density at radius 2 is 2.21 bits per heavy atom. The van der Waals surface area contributed by atoms with Gasteiger partial charge in [0.2, 0.25) is 0 Å². The van der Waals surface area contributed by atoms with Gasteiger partial charge in [-0.05, 0) is 11.1 Å². The van der Waals surface area contributed by atoms with Gasteiger partial charge >= 0.3 is 5.97 Å². The molecule has 1 saturated carbocycles. The largest absolute Gasteiger partial charge is 0.481 e. The monoisotopic (exact) mass is 190 g/mol. The second kappa shape index (κ2) is 2.58. The molecule has 0 spiro atoms. The molecule has 72 valence electrons. The zero-order valence-corrected chi connectivity index (χ0v) is 7.51. The Kier molecular flexibility index (Phi) is 1.47. The van der Waals surface area contributed by atoms with E-state index in [-0.39, 0.29) is 17.9 Å². The Labute approximate surface area is 81.3 Å². The molecular formula is C11H10O3. The third-order valence-electron chi connectivity index (χ3n) is 3.08. The molecule has 1 aromatic rings. The summed E-state index contributed by atoms with van der Waals surface area (Å²) in [4.78, 5) is 10.9. The molecule has 2 aliphatic rings. The summed E-state index contributed by atoms with van der Waals surface area (Å²) in [7, 11) is 0. The van der Waals surface area contributed by atoms with Gasteiger partial charge in [-0.2, -0.15) is 0 Å². The molecule has 1 unspecified atom stereocenters. The van der Waals surface area contributed by atoms with Crippen LogP contribution in [0, 0.1) is 5.92 Å². The van der Waals surface area contributed by atoms with Gasteiger partial charge in [-0.15, -0.1) is 0 Å². The molecule has 3 nitrogen and oxygen atoms in total. The van der Waals surface area contributed by atoms with Crippen LogP contribution in [0.4, 0.5) is 0 Å². The first kappa shape index (κ1) is 8.00. The van der Waals surface area contributed by atoms with Crippen LogP contribution in [0.15, 0.2) is 24.3 Å². The zero-order chi connectivity index (χ0) is 9.71. The van der Waals surface area contributed by atoms with Crippen LogP contribution in [0.1, 0.15) is 17.0 Å². The minimum absolute atomic E-state index is 0.0811. The van der Waals surface area contributed by atoms with Crippen LogP contribution in [0.2, 0.25) is 0 Å². The number of aliphatic carboxylic acids is 1. The predicted molar refractivity (Wildman–Crippen MR) is 48.9 cm³/mol. The highest BCUT2D eigenvalue weighted by atomic mass is 16.5. The highest BCUT2D eigenvalue weighted by Crippen LogP contribution is 2.54. The summed E-state index contributed by atoms with van der Waals surface area (Å²) in [5, 5.41) is 8.93. The number of carboxylic acids is 1. The molecule has 0 aromatic heterocycles. The maximum absolute atomic E-state index is 10.9. The Hall–Kier alpha value is -1.35. The van der Waals surface area contributed by atoms with Crippen LogP contribution < -0.4 is 0 Å². The first-order valence-corrected chi connectivity index (χ1v) is 4.71. The number of ether oxygens (including phenoxy) is 1. The number of hydrogen-bond acceptors (Lipinski definition) is 2. The second-order valence-electron chi connectivity index (χ2n) is 3.86. The minimum Gasteiger partial charge on any atom is -0.481 e. The van der Waals surface area contributed by atoms with Crippen molar-refractivity contribution < 1.29 is 14.6 Å². The number of benzene rings is 1. The van der Waals surface area contributed by atoms with Crippen molar-refractivity contribution in [2.45, 2.75) is 18.6 Å². The van der Waals surface area contributed by atoms with E-state index < -0.39 is 5.97 Å². The molecule has 1 aliphatic heterocycles. The van der Waals surface area contributed by atoms with Crippen LogP contribution in [-0.4, -0.2) is 17.2 Å². The summed E-state index contributed by atoms with van der Waals surface area (Å²) in [6.45, 7) is 0.557. The fraction of sp³-hybridized carbons (Fsp3) is 0.364. The Morgan fingerprint density at radius 3 is 3.00 bits per heavy atom. The summed E-state index contributed by atoms with van der Waals surface area (Å²) in [5.74, 6) is -0.965. The van der Waals surface area contributed by atoms with Crippen LogP contribution in [-0.2, 0) is 16.1 Å². The van der Waals surface area contributed by atoms with Gasteiger partial charge in [0.25, 0.3) is 0 Å². The predicted octanol–water partition coefficient (Wildman–Crippen LogP) is 1.38. The topological polar surface area (TPSA) is 46.5 Å². The fourth-order valence-corrected chi connectivity index (χ4v) is 2.33. The smallest absolute Gasteiger partial charge is 0.309 e. The maximum Gasteiger partial charge on any atom is 0.309 e. The average Bonchev–Trinajstić information content (AvgIpc) is 2.92. The number of fused-ring (bicyclic) bond motifs is 3. The summed E-state index contributed by atoms with van der Waals surface area (Å²) < 4.78 is 5.47. The first-order chi connectivity index (χ1) is 6.79. The Bertz CT molecular complexity index is 399. The molecule has 1 aromatic carbocycles. The molecular weight excluding hydrogens is 180 g/mol. The SMILES string of the molecule is O=C(O)C1[C@H]2c3ccccc3CO[C@@H]12. The summed E-state index contributed by atoms with van der Waals surface area (Å²) >= 11 is 0. The van der Waals surface area contributed by atoms with Crippen molar-refractivity contribution in [3.8, 4) is 0 Å². The van der Waals surface area contributed by atoms with Crippen LogP contribution in [0.3, 0.4) is 0 Å². The molecule has 1 N–H and O–H groups in total. The Morgan fingerprint density at radius 1 is 1.43 bits per heavy atom. The van der Waals surface area contributed by atoms with E-state index in [2.05, 4.69) is 0 Å². The minimum atomic E-state index is -0.739. The van der Waals surface area contributed by atoms with Crippen molar-refractivity contribution >= 4 is 5.97 Å². The third kappa shape index (κ3) is 0.930. The molecule has 0 saturated heterocycles. The molecule has 14 heavy (non-hydrogen) atoms. The van der Waals surface area contributed by atoms with Crippen molar-refractivity contribution in [3.05, 3.63) is 35.4 Å². The van der Waals surface area contributed by atoms with Gasteiger partial charge in [0, 0.05) is 5.92 Å². The lowest BCUT2D eigenvalue weighted by atomic mass is 10.0.